The van der Waals surface area contributed by atoms with Gasteiger partial charge >= 0.3 is 12.1 Å². The maximum Gasteiger partial charge on any atom is 0.419 e. The Morgan fingerprint density at radius 1 is 1.05 bits per heavy atom. The second-order valence-electron chi connectivity index (χ2n) is 12.0. The summed E-state index contributed by atoms with van der Waals surface area (Å²) in [4.78, 5) is 27.6. The molecule has 3 aromatic rings. The number of aryl methyl sites for hydroxylation is 1. The van der Waals surface area contributed by atoms with Crippen LogP contribution in [0.4, 0.5) is 4.79 Å². The van der Waals surface area contributed by atoms with Crippen molar-refractivity contribution in [2.24, 2.45) is 11.8 Å². The van der Waals surface area contributed by atoms with E-state index in [9.17, 15) is 9.59 Å². The van der Waals surface area contributed by atoms with Crippen molar-refractivity contribution in [3.63, 3.8) is 0 Å². The fourth-order valence-corrected chi connectivity index (χ4v) is 6.07. The first-order valence-corrected chi connectivity index (χ1v) is 14.0. The first-order valence-electron chi connectivity index (χ1n) is 14.0. The fourth-order valence-electron chi connectivity index (χ4n) is 6.07. The zero-order valence-electron chi connectivity index (χ0n) is 24.4. The summed E-state index contributed by atoms with van der Waals surface area (Å²) in [6.45, 7) is 10.9. The number of likely N-dealkylation sites (tertiary alicyclic amines) is 1. The van der Waals surface area contributed by atoms with Crippen LogP contribution in [0, 0.1) is 18.8 Å². The highest BCUT2D eigenvalue weighted by Crippen LogP contribution is 2.42. The van der Waals surface area contributed by atoms with E-state index in [-0.39, 0.29) is 12.0 Å². The Bertz CT molecular complexity index is 1380. The van der Waals surface area contributed by atoms with E-state index in [4.69, 9.17) is 18.9 Å². The summed E-state index contributed by atoms with van der Waals surface area (Å²) in [6, 6.07) is 12.0. The lowest BCUT2D eigenvalue weighted by atomic mass is 9.78. The number of piperidine rings is 1. The number of benzene rings is 2. The number of nitrogens with zero attached hydrogens (tertiary/aromatic N) is 2. The van der Waals surface area contributed by atoms with E-state index in [0.29, 0.717) is 23.9 Å². The molecule has 2 aliphatic rings. The highest BCUT2D eigenvalue weighted by atomic mass is 16.6. The molecule has 214 valence electrons. The van der Waals surface area contributed by atoms with Crippen LogP contribution >= 0.6 is 0 Å². The average Bonchev–Trinajstić information content (AvgIpc) is 3.35. The summed E-state index contributed by atoms with van der Waals surface area (Å²) in [6.07, 6.45) is 3.51. The van der Waals surface area contributed by atoms with Crippen molar-refractivity contribution in [3.8, 4) is 5.75 Å². The van der Waals surface area contributed by atoms with Gasteiger partial charge in [-0.1, -0.05) is 12.1 Å². The van der Waals surface area contributed by atoms with Crippen molar-refractivity contribution >= 4 is 23.0 Å². The molecule has 40 heavy (non-hydrogen) atoms. The summed E-state index contributed by atoms with van der Waals surface area (Å²) >= 11 is 0. The predicted molar refractivity (Wildman–Crippen MR) is 153 cm³/mol. The van der Waals surface area contributed by atoms with E-state index in [1.54, 1.807) is 17.9 Å². The number of rotatable bonds is 6. The van der Waals surface area contributed by atoms with Gasteiger partial charge in [-0.15, -0.1) is 0 Å². The molecule has 0 radical (unpaired) electrons. The third kappa shape index (κ3) is 5.60. The number of carbonyl (C=O) groups excluding carboxylic acids is 2. The van der Waals surface area contributed by atoms with Crippen LogP contribution in [0.1, 0.15) is 66.7 Å². The molecule has 0 aliphatic carbocycles. The Morgan fingerprint density at radius 3 is 2.38 bits per heavy atom. The first kappa shape index (κ1) is 28.2. The van der Waals surface area contributed by atoms with E-state index >= 15 is 0 Å². The second-order valence-corrected chi connectivity index (χ2v) is 12.0. The number of hydrogen-bond acceptors (Lipinski definition) is 7. The Kier molecular flexibility index (Phi) is 7.93. The van der Waals surface area contributed by atoms with Crippen LogP contribution in [0.2, 0.25) is 0 Å². The van der Waals surface area contributed by atoms with Crippen molar-refractivity contribution in [2.75, 3.05) is 34.0 Å². The summed E-state index contributed by atoms with van der Waals surface area (Å²) in [5, 5.41) is 0.983. The van der Waals surface area contributed by atoms with Gasteiger partial charge in [-0.25, -0.2) is 9.59 Å². The summed E-state index contributed by atoms with van der Waals surface area (Å²) < 4.78 is 23.6. The van der Waals surface area contributed by atoms with Gasteiger partial charge in [0.2, 0.25) is 0 Å². The molecule has 2 atom stereocenters. The summed E-state index contributed by atoms with van der Waals surface area (Å²) in [5.74, 6) is 1.66. The minimum absolute atomic E-state index is 0.167. The molecule has 0 amide bonds. The first-order chi connectivity index (χ1) is 19.1. The maximum atomic E-state index is 13.1. The molecule has 2 unspecified atom stereocenters. The Hall–Kier alpha value is -3.36. The van der Waals surface area contributed by atoms with Crippen LogP contribution in [-0.4, -0.2) is 61.1 Å². The van der Waals surface area contributed by atoms with Crippen LogP contribution in [0.3, 0.4) is 0 Å². The predicted octanol–water partition coefficient (Wildman–Crippen LogP) is 6.13. The molecule has 0 bridgehead atoms. The van der Waals surface area contributed by atoms with Crippen LogP contribution in [-0.2, 0) is 20.8 Å². The van der Waals surface area contributed by atoms with Gasteiger partial charge in [0, 0.05) is 35.7 Å². The lowest BCUT2D eigenvalue weighted by Crippen LogP contribution is -2.43. The number of carbonyl (C=O) groups is 2. The molecule has 0 spiro atoms. The summed E-state index contributed by atoms with van der Waals surface area (Å²) in [7, 11) is 3.09. The highest BCUT2D eigenvalue weighted by Gasteiger charge is 2.37. The van der Waals surface area contributed by atoms with Crippen LogP contribution in [0.5, 0.6) is 5.75 Å². The van der Waals surface area contributed by atoms with Crippen LogP contribution < -0.4 is 4.74 Å². The van der Waals surface area contributed by atoms with Crippen molar-refractivity contribution in [3.05, 3.63) is 64.8 Å². The largest absolute Gasteiger partial charge is 0.496 e. The fraction of sp³-hybridized carbons (Fsp3) is 0.500. The second kappa shape index (κ2) is 11.3. The quantitative estimate of drug-likeness (QED) is 0.343. The molecule has 8 heteroatoms. The molecule has 8 nitrogen and oxygen atoms in total. The molecular weight excluding hydrogens is 508 g/mol. The molecule has 1 aromatic heterocycles. The molecule has 2 fully saturated rings. The third-order valence-corrected chi connectivity index (χ3v) is 8.20. The monoisotopic (exact) mass is 548 g/mol. The van der Waals surface area contributed by atoms with Gasteiger partial charge in [-0.05, 0) is 88.4 Å². The number of ether oxygens (including phenoxy) is 4. The minimum Gasteiger partial charge on any atom is -0.496 e. The van der Waals surface area contributed by atoms with Gasteiger partial charge in [-0.2, -0.15) is 0 Å². The molecule has 3 heterocycles. The highest BCUT2D eigenvalue weighted by molar-refractivity contribution is 5.95. The van der Waals surface area contributed by atoms with E-state index in [0.717, 1.165) is 60.4 Å². The van der Waals surface area contributed by atoms with E-state index < -0.39 is 11.7 Å². The van der Waals surface area contributed by atoms with E-state index in [2.05, 4.69) is 4.90 Å². The number of aromatic nitrogens is 1. The van der Waals surface area contributed by atoms with Crippen molar-refractivity contribution in [1.82, 2.24) is 9.47 Å². The van der Waals surface area contributed by atoms with Crippen molar-refractivity contribution in [1.29, 1.82) is 0 Å². The molecule has 2 aromatic carbocycles. The third-order valence-electron chi connectivity index (χ3n) is 8.20. The zero-order valence-corrected chi connectivity index (χ0v) is 24.4. The zero-order chi connectivity index (χ0) is 28.6. The number of methoxy groups -OCH3 is 2. The molecule has 2 aliphatic heterocycles. The number of hydrogen-bond donors (Lipinski definition) is 0. The molecule has 0 saturated carbocycles. The van der Waals surface area contributed by atoms with Gasteiger partial charge in [0.15, 0.2) is 0 Å². The lowest BCUT2D eigenvalue weighted by Gasteiger charge is -2.44. The maximum absolute atomic E-state index is 13.1. The summed E-state index contributed by atoms with van der Waals surface area (Å²) in [5.41, 5.74) is 3.96. The van der Waals surface area contributed by atoms with Gasteiger partial charge in [0.25, 0.3) is 0 Å². The Balaban J connectivity index is 1.50. The van der Waals surface area contributed by atoms with E-state index in [1.165, 1.54) is 12.7 Å². The molecule has 5 rings (SSSR count). The Morgan fingerprint density at radius 2 is 1.77 bits per heavy atom. The number of fused-ring (bicyclic) bond motifs is 1. The topological polar surface area (TPSA) is 79.2 Å². The molecular formula is C32H40N2O6. The van der Waals surface area contributed by atoms with E-state index in [1.807, 2.05) is 64.1 Å². The van der Waals surface area contributed by atoms with Gasteiger partial charge < -0.3 is 18.9 Å². The normalized spacial score (nSPS) is 20.2. The van der Waals surface area contributed by atoms with Gasteiger partial charge in [0.1, 0.15) is 11.4 Å². The average molecular weight is 549 g/mol. The van der Waals surface area contributed by atoms with Crippen LogP contribution in [0.25, 0.3) is 10.9 Å². The SMILES string of the molecule is COC(=O)c1ccc(C2CC(C3COC3)CCN2Cc2c(OC)cc(C)c3c2ccn3C(=O)OC(C)(C)C)cc1. The standard InChI is InChI=1S/C32H40N2O6/c1-20-15-28(37-5)26(25-12-14-34(29(20)25)31(36)40-32(2,3)4)17-33-13-11-23(24-18-39-19-24)16-27(33)21-7-9-22(10-8-21)30(35)38-6/h7-10,12,14-15,23-24,27H,11,13,16-19H2,1-6H3. The molecule has 2 saturated heterocycles. The number of esters is 1. The van der Waals surface area contributed by atoms with Crippen LogP contribution in [0.15, 0.2) is 42.6 Å². The minimum atomic E-state index is -0.594. The smallest absolute Gasteiger partial charge is 0.419 e. The van der Waals surface area contributed by atoms with Crippen molar-refractivity contribution in [2.45, 2.75) is 58.7 Å². The Labute approximate surface area is 236 Å². The molecule has 0 N–H and O–H groups in total. The van der Waals surface area contributed by atoms with Gasteiger partial charge in [-0.3, -0.25) is 9.47 Å². The lowest BCUT2D eigenvalue weighted by molar-refractivity contribution is -0.0800. The van der Waals surface area contributed by atoms with Crippen molar-refractivity contribution < 1.29 is 28.5 Å². The van der Waals surface area contributed by atoms with Gasteiger partial charge in [0.05, 0.1) is 38.5 Å².